The Balaban J connectivity index is 2.32. The molecule has 4 nitrogen and oxygen atoms in total. The zero-order valence-corrected chi connectivity index (χ0v) is 14.8. The molecule has 0 radical (unpaired) electrons. The number of carbonyl (C=O) groups excluding carboxylic acids is 1. The van der Waals surface area contributed by atoms with Gasteiger partial charge in [0, 0.05) is 0 Å². The number of carboxylic acid groups (broad SMARTS) is 1. The maximum absolute atomic E-state index is 12.5. The van der Waals surface area contributed by atoms with Crippen LogP contribution in [0.2, 0.25) is 10.0 Å². The van der Waals surface area contributed by atoms with Crippen molar-refractivity contribution in [3.8, 4) is 0 Å². The number of nitrogens with one attached hydrogen (secondary N) is 1. The van der Waals surface area contributed by atoms with Crippen molar-refractivity contribution in [2.24, 2.45) is 0 Å². The van der Waals surface area contributed by atoms with Gasteiger partial charge in [-0.2, -0.15) is 11.3 Å². The van der Waals surface area contributed by atoms with Gasteiger partial charge >= 0.3 is 5.97 Å². The predicted molar refractivity (Wildman–Crippen MR) is 92.3 cm³/mol. The van der Waals surface area contributed by atoms with E-state index in [2.05, 4.69) is 5.32 Å². The second-order valence-electron chi connectivity index (χ2n) is 5.33. The van der Waals surface area contributed by atoms with E-state index < -0.39 is 17.4 Å². The van der Waals surface area contributed by atoms with Crippen LogP contribution in [0.25, 0.3) is 0 Å². The maximum atomic E-state index is 12.5. The van der Waals surface area contributed by atoms with Crippen molar-refractivity contribution in [1.82, 2.24) is 5.32 Å². The Morgan fingerprint density at radius 3 is 2.48 bits per heavy atom. The van der Waals surface area contributed by atoms with E-state index in [1.807, 2.05) is 16.8 Å². The third kappa shape index (κ3) is 3.68. The fourth-order valence-corrected chi connectivity index (χ4v) is 3.14. The first kappa shape index (κ1) is 17.8. The fourth-order valence-electron chi connectivity index (χ4n) is 2.08. The number of amides is 1. The highest BCUT2D eigenvalue weighted by Crippen LogP contribution is 2.30. The number of aliphatic carboxylic acids is 1. The number of hydrogen-bond donors (Lipinski definition) is 2. The van der Waals surface area contributed by atoms with Gasteiger partial charge in [0.1, 0.15) is 0 Å². The molecule has 0 fully saturated rings. The first-order valence-corrected chi connectivity index (χ1v) is 8.48. The molecule has 0 saturated heterocycles. The van der Waals surface area contributed by atoms with Crippen LogP contribution >= 0.6 is 34.5 Å². The molecule has 1 aromatic carbocycles. The Kier molecular flexibility index (Phi) is 5.34. The number of hydrogen-bond acceptors (Lipinski definition) is 3. The van der Waals surface area contributed by atoms with Crippen molar-refractivity contribution in [2.75, 3.05) is 0 Å². The van der Waals surface area contributed by atoms with Crippen molar-refractivity contribution < 1.29 is 14.7 Å². The lowest BCUT2D eigenvalue weighted by Gasteiger charge is -2.28. The quantitative estimate of drug-likeness (QED) is 0.824. The lowest BCUT2D eigenvalue weighted by atomic mass is 9.90. The summed E-state index contributed by atoms with van der Waals surface area (Å²) >= 11 is 13.3. The summed E-state index contributed by atoms with van der Waals surface area (Å²) in [5, 5.41) is 16.5. The number of carbonyl (C=O) groups is 2. The van der Waals surface area contributed by atoms with Crippen LogP contribution in [0, 0.1) is 0 Å². The fraction of sp³-hybridized carbons (Fsp3) is 0.250. The van der Waals surface area contributed by atoms with Gasteiger partial charge in [-0.15, -0.1) is 0 Å². The smallest absolute Gasteiger partial charge is 0.333 e. The largest absolute Gasteiger partial charge is 0.479 e. The minimum absolute atomic E-state index is 0.233. The molecule has 7 heteroatoms. The van der Waals surface area contributed by atoms with Gasteiger partial charge in [-0.05, 0) is 53.9 Å². The Hall–Kier alpha value is -1.56. The zero-order chi connectivity index (χ0) is 17.2. The van der Waals surface area contributed by atoms with Crippen LogP contribution in [0.15, 0.2) is 35.0 Å². The van der Waals surface area contributed by atoms with Crippen LogP contribution in [-0.2, 0) is 15.1 Å². The lowest BCUT2D eigenvalue weighted by Crippen LogP contribution is -2.50. The molecule has 122 valence electrons. The molecule has 1 aromatic heterocycles. The van der Waals surface area contributed by atoms with Crippen LogP contribution in [-0.4, -0.2) is 17.0 Å². The normalized spacial score (nSPS) is 14.8. The van der Waals surface area contributed by atoms with Crippen molar-refractivity contribution in [2.45, 2.75) is 25.3 Å². The van der Waals surface area contributed by atoms with Crippen LogP contribution in [0.4, 0.5) is 0 Å². The molecule has 1 amide bonds. The van der Waals surface area contributed by atoms with Gasteiger partial charge in [-0.25, -0.2) is 4.79 Å². The first-order valence-electron chi connectivity index (χ1n) is 6.78. The number of rotatable bonds is 5. The molecule has 0 aliphatic carbocycles. The lowest BCUT2D eigenvalue weighted by molar-refractivity contribution is -0.147. The van der Waals surface area contributed by atoms with E-state index in [0.717, 1.165) is 5.56 Å². The maximum Gasteiger partial charge on any atom is 0.333 e. The van der Waals surface area contributed by atoms with Gasteiger partial charge in [-0.3, -0.25) is 4.79 Å². The summed E-state index contributed by atoms with van der Waals surface area (Å²) in [4.78, 5) is 24.2. The highest BCUT2D eigenvalue weighted by Gasteiger charge is 2.38. The van der Waals surface area contributed by atoms with Crippen molar-refractivity contribution in [3.05, 3.63) is 56.2 Å². The van der Waals surface area contributed by atoms with E-state index in [1.165, 1.54) is 36.5 Å². The summed E-state index contributed by atoms with van der Waals surface area (Å²) in [6.45, 7) is 3.15. The summed E-state index contributed by atoms with van der Waals surface area (Å²) in [7, 11) is 0. The SMILES string of the molecule is CC(C(=O)NC(C)(C(=O)O)c1ccc(Cl)c(Cl)c1)c1ccsc1. The molecule has 2 aromatic rings. The van der Waals surface area contributed by atoms with Crippen LogP contribution < -0.4 is 5.32 Å². The topological polar surface area (TPSA) is 66.4 Å². The summed E-state index contributed by atoms with van der Waals surface area (Å²) in [6, 6.07) is 6.34. The average molecular weight is 372 g/mol. The van der Waals surface area contributed by atoms with Crippen LogP contribution in [0.1, 0.15) is 30.9 Å². The van der Waals surface area contributed by atoms with Gasteiger partial charge in [0.15, 0.2) is 5.54 Å². The van der Waals surface area contributed by atoms with Gasteiger partial charge in [0.2, 0.25) is 5.91 Å². The summed E-state index contributed by atoms with van der Waals surface area (Å²) < 4.78 is 0. The van der Waals surface area contributed by atoms with E-state index >= 15 is 0 Å². The highest BCUT2D eigenvalue weighted by molar-refractivity contribution is 7.08. The van der Waals surface area contributed by atoms with E-state index in [1.54, 1.807) is 6.92 Å². The van der Waals surface area contributed by atoms with Crippen molar-refractivity contribution in [3.63, 3.8) is 0 Å². The Morgan fingerprint density at radius 2 is 1.96 bits per heavy atom. The Labute approximate surface area is 148 Å². The second kappa shape index (κ2) is 6.91. The second-order valence-corrected chi connectivity index (χ2v) is 6.92. The van der Waals surface area contributed by atoms with Gasteiger partial charge < -0.3 is 10.4 Å². The molecule has 0 aliphatic heterocycles. The van der Waals surface area contributed by atoms with Crippen LogP contribution in [0.3, 0.4) is 0 Å². The van der Waals surface area contributed by atoms with Crippen molar-refractivity contribution in [1.29, 1.82) is 0 Å². The third-order valence-electron chi connectivity index (χ3n) is 3.73. The summed E-state index contributed by atoms with van der Waals surface area (Å²) in [5.41, 5.74) is -0.407. The van der Waals surface area contributed by atoms with E-state index in [4.69, 9.17) is 23.2 Å². The molecule has 0 aliphatic rings. The third-order valence-corrected chi connectivity index (χ3v) is 5.17. The predicted octanol–water partition coefficient (Wildman–Crippen LogP) is 4.27. The average Bonchev–Trinajstić information content (AvgIpc) is 3.03. The van der Waals surface area contributed by atoms with Crippen LogP contribution in [0.5, 0.6) is 0 Å². The van der Waals surface area contributed by atoms with E-state index in [-0.39, 0.29) is 10.9 Å². The molecule has 0 saturated carbocycles. The summed E-state index contributed by atoms with van der Waals surface area (Å²) in [6.07, 6.45) is 0. The molecule has 2 unspecified atom stereocenters. The molecule has 0 spiro atoms. The van der Waals surface area contributed by atoms with Crippen molar-refractivity contribution >= 4 is 46.4 Å². The molecule has 0 bridgehead atoms. The molecule has 2 atom stereocenters. The molecule has 1 heterocycles. The van der Waals surface area contributed by atoms with Gasteiger partial charge in [-0.1, -0.05) is 29.3 Å². The molecule has 2 rings (SSSR count). The highest BCUT2D eigenvalue weighted by atomic mass is 35.5. The molecule has 2 N–H and O–H groups in total. The minimum atomic E-state index is -1.60. The number of carboxylic acids is 1. The zero-order valence-electron chi connectivity index (χ0n) is 12.5. The van der Waals surface area contributed by atoms with E-state index in [0.29, 0.717) is 10.6 Å². The summed E-state index contributed by atoms with van der Waals surface area (Å²) in [5.74, 6) is -2.01. The van der Waals surface area contributed by atoms with E-state index in [9.17, 15) is 14.7 Å². The molecule has 23 heavy (non-hydrogen) atoms. The first-order chi connectivity index (χ1) is 10.8. The standard InChI is InChI=1S/C16H15Cl2NO3S/c1-9(10-5-6-23-8-10)14(20)19-16(2,15(21)22)11-3-4-12(17)13(18)7-11/h3-9H,1-2H3,(H,19,20)(H,21,22). The number of benzene rings is 1. The minimum Gasteiger partial charge on any atom is -0.479 e. The Bertz CT molecular complexity index is 733. The number of halogens is 2. The Morgan fingerprint density at radius 1 is 1.26 bits per heavy atom. The monoisotopic (exact) mass is 371 g/mol. The molecular weight excluding hydrogens is 357 g/mol. The van der Waals surface area contributed by atoms with Gasteiger partial charge in [0.25, 0.3) is 0 Å². The molecular formula is C16H15Cl2NO3S. The van der Waals surface area contributed by atoms with Gasteiger partial charge in [0.05, 0.1) is 16.0 Å². The number of thiophene rings is 1.